The zero-order valence-electron chi connectivity index (χ0n) is 11.3. The number of rotatable bonds is 2. The molecule has 0 spiro atoms. The Morgan fingerprint density at radius 2 is 1.63 bits per heavy atom. The zero-order chi connectivity index (χ0) is 11.7. The smallest absolute Gasteiger partial charge is 0.239 e. The summed E-state index contributed by atoms with van der Waals surface area (Å²) in [6, 6.07) is 0.955. The van der Waals surface area contributed by atoms with Gasteiger partial charge in [-0.05, 0) is 32.2 Å². The molecular formula is C13H25Cl2N3O. The van der Waals surface area contributed by atoms with Crippen LogP contribution in [0.15, 0.2) is 0 Å². The number of piperidine rings is 1. The van der Waals surface area contributed by atoms with E-state index in [-0.39, 0.29) is 30.9 Å². The highest BCUT2D eigenvalue weighted by Crippen LogP contribution is 2.27. The van der Waals surface area contributed by atoms with Gasteiger partial charge in [0.2, 0.25) is 5.91 Å². The van der Waals surface area contributed by atoms with Gasteiger partial charge >= 0.3 is 0 Å². The van der Waals surface area contributed by atoms with Crippen LogP contribution in [-0.4, -0.2) is 60.5 Å². The Bertz CT molecular complexity index is 286. The number of nitrogens with one attached hydrogen (secondary N) is 1. The molecule has 1 aliphatic carbocycles. The molecule has 0 aromatic carbocycles. The Hall–Kier alpha value is -0.0300. The summed E-state index contributed by atoms with van der Waals surface area (Å²) in [5.41, 5.74) is 0. The average Bonchev–Trinajstić information content (AvgIpc) is 3.24. The van der Waals surface area contributed by atoms with E-state index in [0.29, 0.717) is 5.91 Å². The minimum absolute atomic E-state index is 0. The molecule has 0 radical (unpaired) electrons. The number of carbonyl (C=O) groups is 1. The molecule has 1 N–H and O–H groups in total. The van der Waals surface area contributed by atoms with Crippen LogP contribution in [0.25, 0.3) is 0 Å². The van der Waals surface area contributed by atoms with Crippen LogP contribution in [0, 0.1) is 0 Å². The lowest BCUT2D eigenvalue weighted by molar-refractivity contribution is -0.135. The van der Waals surface area contributed by atoms with Crippen molar-refractivity contribution >= 4 is 30.7 Å². The van der Waals surface area contributed by atoms with Gasteiger partial charge in [-0.25, -0.2) is 0 Å². The predicted molar refractivity (Wildman–Crippen MR) is 81.3 cm³/mol. The van der Waals surface area contributed by atoms with Crippen molar-refractivity contribution in [2.75, 3.05) is 32.7 Å². The van der Waals surface area contributed by atoms with E-state index in [4.69, 9.17) is 0 Å². The van der Waals surface area contributed by atoms with Gasteiger partial charge in [-0.3, -0.25) is 9.69 Å². The number of hydrogen-bond acceptors (Lipinski definition) is 3. The monoisotopic (exact) mass is 309 g/mol. The van der Waals surface area contributed by atoms with Crippen molar-refractivity contribution in [2.45, 2.75) is 44.2 Å². The first-order valence-corrected chi connectivity index (χ1v) is 7.11. The SMILES string of the molecule is Cl.Cl.O=C(C1CCCCN1)N1CCN(C2CC2)CC1. The van der Waals surface area contributed by atoms with Crippen LogP contribution in [-0.2, 0) is 4.79 Å². The van der Waals surface area contributed by atoms with Crippen LogP contribution in [0.1, 0.15) is 32.1 Å². The van der Waals surface area contributed by atoms with Crippen LogP contribution in [0.3, 0.4) is 0 Å². The minimum atomic E-state index is 0. The van der Waals surface area contributed by atoms with Crippen molar-refractivity contribution in [3.63, 3.8) is 0 Å². The summed E-state index contributed by atoms with van der Waals surface area (Å²) in [5.74, 6) is 0.347. The first kappa shape index (κ1) is 17.0. The maximum Gasteiger partial charge on any atom is 0.239 e. The van der Waals surface area contributed by atoms with Gasteiger partial charge in [-0.1, -0.05) is 6.42 Å². The highest BCUT2D eigenvalue weighted by molar-refractivity contribution is 5.85. The summed E-state index contributed by atoms with van der Waals surface area (Å²) in [6.45, 7) is 5.06. The molecule has 1 unspecified atom stereocenters. The van der Waals surface area contributed by atoms with Crippen molar-refractivity contribution in [1.82, 2.24) is 15.1 Å². The van der Waals surface area contributed by atoms with Gasteiger partial charge in [-0.2, -0.15) is 0 Å². The van der Waals surface area contributed by atoms with Crippen LogP contribution >= 0.6 is 24.8 Å². The third-order valence-electron chi connectivity index (χ3n) is 4.30. The van der Waals surface area contributed by atoms with E-state index in [1.54, 1.807) is 0 Å². The van der Waals surface area contributed by atoms with Crippen LogP contribution in [0.5, 0.6) is 0 Å². The summed E-state index contributed by atoms with van der Waals surface area (Å²) in [5, 5.41) is 3.36. The molecule has 3 aliphatic rings. The van der Waals surface area contributed by atoms with E-state index in [1.807, 2.05) is 0 Å². The van der Waals surface area contributed by atoms with Crippen molar-refractivity contribution in [2.24, 2.45) is 0 Å². The van der Waals surface area contributed by atoms with Crippen molar-refractivity contribution < 1.29 is 4.79 Å². The molecule has 0 aromatic heterocycles. The summed E-state index contributed by atoms with van der Waals surface area (Å²) in [4.78, 5) is 16.9. The molecule has 6 heteroatoms. The lowest BCUT2D eigenvalue weighted by Crippen LogP contribution is -2.55. The lowest BCUT2D eigenvalue weighted by Gasteiger charge is -2.37. The van der Waals surface area contributed by atoms with Gasteiger partial charge in [0.15, 0.2) is 0 Å². The van der Waals surface area contributed by atoms with Crippen molar-refractivity contribution in [3.8, 4) is 0 Å². The molecule has 0 aromatic rings. The second-order valence-corrected chi connectivity index (χ2v) is 5.59. The van der Waals surface area contributed by atoms with E-state index in [1.165, 1.54) is 25.7 Å². The molecule has 1 saturated carbocycles. The third kappa shape index (κ3) is 4.22. The average molecular weight is 310 g/mol. The van der Waals surface area contributed by atoms with Crippen molar-refractivity contribution in [3.05, 3.63) is 0 Å². The third-order valence-corrected chi connectivity index (χ3v) is 4.30. The molecule has 112 valence electrons. The first-order chi connectivity index (χ1) is 8.34. The molecule has 4 nitrogen and oxygen atoms in total. The van der Waals surface area contributed by atoms with E-state index in [0.717, 1.165) is 45.2 Å². The molecule has 2 heterocycles. The standard InChI is InChI=1S/C13H23N3O.2ClH/c17-13(12-3-1-2-6-14-12)16-9-7-15(8-10-16)11-4-5-11;;/h11-12,14H,1-10H2;2*1H. The first-order valence-electron chi connectivity index (χ1n) is 7.11. The number of piperazine rings is 1. The Morgan fingerprint density at radius 1 is 0.947 bits per heavy atom. The molecule has 1 amide bonds. The molecule has 2 aliphatic heterocycles. The molecule has 3 fully saturated rings. The van der Waals surface area contributed by atoms with E-state index < -0.39 is 0 Å². The summed E-state index contributed by atoms with van der Waals surface area (Å²) < 4.78 is 0. The number of carbonyl (C=O) groups excluding carboxylic acids is 1. The van der Waals surface area contributed by atoms with Crippen LogP contribution in [0.4, 0.5) is 0 Å². The fourth-order valence-electron chi connectivity index (χ4n) is 3.03. The summed E-state index contributed by atoms with van der Waals surface area (Å²) >= 11 is 0. The minimum Gasteiger partial charge on any atom is -0.339 e. The van der Waals surface area contributed by atoms with Gasteiger partial charge in [0.1, 0.15) is 0 Å². The van der Waals surface area contributed by atoms with E-state index in [9.17, 15) is 4.79 Å². The van der Waals surface area contributed by atoms with Gasteiger partial charge in [0, 0.05) is 32.2 Å². The largest absolute Gasteiger partial charge is 0.339 e. The fraction of sp³-hybridized carbons (Fsp3) is 0.923. The van der Waals surface area contributed by atoms with Gasteiger partial charge in [-0.15, -0.1) is 24.8 Å². The number of halogens is 2. The summed E-state index contributed by atoms with van der Waals surface area (Å²) in [6.07, 6.45) is 6.20. The van der Waals surface area contributed by atoms with Crippen LogP contribution in [0.2, 0.25) is 0 Å². The topological polar surface area (TPSA) is 35.6 Å². The van der Waals surface area contributed by atoms with E-state index >= 15 is 0 Å². The normalized spacial score (nSPS) is 28.2. The maximum absolute atomic E-state index is 12.3. The molecule has 1 atom stereocenters. The van der Waals surface area contributed by atoms with Crippen molar-refractivity contribution in [1.29, 1.82) is 0 Å². The highest BCUT2D eigenvalue weighted by atomic mass is 35.5. The Morgan fingerprint density at radius 3 is 2.16 bits per heavy atom. The molecule has 2 saturated heterocycles. The highest BCUT2D eigenvalue weighted by Gasteiger charge is 2.33. The molecule has 3 rings (SSSR count). The molecule has 0 bridgehead atoms. The number of hydrogen-bond donors (Lipinski definition) is 1. The Balaban J connectivity index is 0.000000902. The molecular weight excluding hydrogens is 285 g/mol. The second kappa shape index (κ2) is 7.67. The van der Waals surface area contributed by atoms with E-state index in [2.05, 4.69) is 15.1 Å². The van der Waals surface area contributed by atoms with Gasteiger partial charge < -0.3 is 10.2 Å². The quantitative estimate of drug-likeness (QED) is 0.834. The molecule has 19 heavy (non-hydrogen) atoms. The van der Waals surface area contributed by atoms with Crippen LogP contribution < -0.4 is 5.32 Å². The Labute approximate surface area is 128 Å². The zero-order valence-corrected chi connectivity index (χ0v) is 13.0. The second-order valence-electron chi connectivity index (χ2n) is 5.59. The number of nitrogens with zero attached hydrogens (tertiary/aromatic N) is 2. The maximum atomic E-state index is 12.3. The van der Waals surface area contributed by atoms with Gasteiger partial charge in [0.25, 0.3) is 0 Å². The summed E-state index contributed by atoms with van der Waals surface area (Å²) in [7, 11) is 0. The fourth-order valence-corrected chi connectivity index (χ4v) is 3.03. The van der Waals surface area contributed by atoms with Gasteiger partial charge in [0.05, 0.1) is 6.04 Å². The lowest BCUT2D eigenvalue weighted by atomic mass is 10.0. The Kier molecular flexibility index (Phi) is 6.87. The number of amides is 1. The predicted octanol–water partition coefficient (Wildman–Crippen LogP) is 1.28.